The Labute approximate surface area is 210 Å². The molecular weight excluding hydrogens is 466 g/mol. The topological polar surface area (TPSA) is 72.7 Å². The van der Waals surface area contributed by atoms with Crippen molar-refractivity contribution in [3.63, 3.8) is 0 Å². The first-order chi connectivity index (χ1) is 17.4. The second-order valence-corrected chi connectivity index (χ2v) is 9.96. The Morgan fingerprint density at radius 1 is 1.06 bits per heavy atom. The summed E-state index contributed by atoms with van der Waals surface area (Å²) in [5.41, 5.74) is 1.77. The third kappa shape index (κ3) is 6.09. The van der Waals surface area contributed by atoms with Crippen molar-refractivity contribution in [2.24, 2.45) is 5.92 Å². The average Bonchev–Trinajstić information content (AvgIpc) is 2.88. The van der Waals surface area contributed by atoms with Gasteiger partial charge in [-0.25, -0.2) is 8.78 Å². The number of esters is 1. The van der Waals surface area contributed by atoms with Gasteiger partial charge in [0.1, 0.15) is 11.6 Å². The summed E-state index contributed by atoms with van der Waals surface area (Å²) >= 11 is 0. The van der Waals surface area contributed by atoms with Crippen molar-refractivity contribution in [2.75, 3.05) is 19.7 Å². The quantitative estimate of drug-likeness (QED) is 0.264. The van der Waals surface area contributed by atoms with Crippen LogP contribution in [-0.4, -0.2) is 47.6 Å². The van der Waals surface area contributed by atoms with Crippen LogP contribution in [0.1, 0.15) is 68.4 Å². The normalized spacial score (nSPS) is 25.8. The Balaban J connectivity index is 1.71. The van der Waals surface area contributed by atoms with Gasteiger partial charge in [-0.15, -0.1) is 0 Å². The monoisotopic (exact) mass is 500 g/mol. The number of carbonyl (C=O) groups is 1. The lowest BCUT2D eigenvalue weighted by atomic mass is 9.74. The van der Waals surface area contributed by atoms with E-state index in [-0.39, 0.29) is 53.8 Å². The van der Waals surface area contributed by atoms with Gasteiger partial charge in [0.15, 0.2) is 0 Å². The highest BCUT2D eigenvalue weighted by Gasteiger charge is 2.44. The molecule has 0 aromatic heterocycles. The molecule has 194 valence electrons. The van der Waals surface area contributed by atoms with Crippen LogP contribution in [0, 0.1) is 27.7 Å². The number of ether oxygens (including phenoxy) is 1. The van der Waals surface area contributed by atoms with Crippen LogP contribution in [0.25, 0.3) is 0 Å². The van der Waals surface area contributed by atoms with E-state index in [4.69, 9.17) is 4.74 Å². The Kier molecular flexibility index (Phi) is 8.67. The maximum absolute atomic E-state index is 13.7. The predicted octanol–water partition coefficient (Wildman–Crippen LogP) is 5.70. The molecule has 36 heavy (non-hydrogen) atoms. The van der Waals surface area contributed by atoms with Crippen molar-refractivity contribution in [1.82, 2.24) is 4.90 Å². The molecule has 2 aromatic carbocycles. The molecule has 8 heteroatoms. The molecule has 5 atom stereocenters. The molecule has 0 amide bonds. The highest BCUT2D eigenvalue weighted by molar-refractivity contribution is 5.72. The van der Waals surface area contributed by atoms with E-state index < -0.39 is 11.7 Å². The van der Waals surface area contributed by atoms with E-state index in [1.54, 1.807) is 19.1 Å². The van der Waals surface area contributed by atoms with Gasteiger partial charge in [-0.05, 0) is 80.5 Å². The molecule has 1 heterocycles. The van der Waals surface area contributed by atoms with Crippen LogP contribution < -0.4 is 0 Å². The molecule has 2 aliphatic rings. The maximum Gasteiger partial charge on any atom is 0.309 e. The van der Waals surface area contributed by atoms with Crippen molar-refractivity contribution in [1.29, 1.82) is 0 Å². The van der Waals surface area contributed by atoms with Crippen LogP contribution in [0.5, 0.6) is 0 Å². The molecule has 1 aliphatic carbocycles. The van der Waals surface area contributed by atoms with E-state index in [1.165, 1.54) is 24.3 Å². The summed E-state index contributed by atoms with van der Waals surface area (Å²) in [6, 6.07) is 12.4. The fraction of sp³-hybridized carbons (Fsp3) is 0.536. The summed E-state index contributed by atoms with van der Waals surface area (Å²) in [5.74, 6) is -1.61. The number of halogens is 2. The van der Waals surface area contributed by atoms with Crippen molar-refractivity contribution < 1.29 is 23.2 Å². The number of hydrogen-bond donors (Lipinski definition) is 0. The molecule has 6 nitrogen and oxygen atoms in total. The van der Waals surface area contributed by atoms with Gasteiger partial charge >= 0.3 is 5.97 Å². The number of nitro groups is 1. The van der Waals surface area contributed by atoms with E-state index in [9.17, 15) is 23.7 Å². The van der Waals surface area contributed by atoms with Gasteiger partial charge in [0.2, 0.25) is 6.54 Å². The van der Waals surface area contributed by atoms with E-state index in [1.807, 2.05) is 12.1 Å². The summed E-state index contributed by atoms with van der Waals surface area (Å²) in [6.07, 6.45) is 5.06. The maximum atomic E-state index is 13.7. The first-order valence-electron chi connectivity index (χ1n) is 12.9. The van der Waals surface area contributed by atoms with Gasteiger partial charge in [-0.2, -0.15) is 0 Å². The fourth-order valence-electron chi connectivity index (χ4n) is 6.22. The Bertz CT molecular complexity index is 1030. The number of nitrogens with zero attached hydrogens (tertiary/aromatic N) is 2. The van der Waals surface area contributed by atoms with Crippen LogP contribution in [0.3, 0.4) is 0 Å². The molecule has 3 unspecified atom stereocenters. The second kappa shape index (κ2) is 11.9. The van der Waals surface area contributed by atoms with E-state index in [0.29, 0.717) is 24.9 Å². The number of piperidine rings is 1. The molecule has 0 spiro atoms. The van der Waals surface area contributed by atoms with Gasteiger partial charge in [0, 0.05) is 17.0 Å². The van der Waals surface area contributed by atoms with Gasteiger partial charge in [-0.1, -0.05) is 37.1 Å². The lowest BCUT2D eigenvalue weighted by Gasteiger charge is -2.49. The van der Waals surface area contributed by atoms with E-state index in [2.05, 4.69) is 4.90 Å². The van der Waals surface area contributed by atoms with E-state index >= 15 is 0 Å². The second-order valence-electron chi connectivity index (χ2n) is 9.96. The largest absolute Gasteiger partial charge is 0.466 e. The Morgan fingerprint density at radius 3 is 2.33 bits per heavy atom. The number of rotatable bonds is 8. The van der Waals surface area contributed by atoms with Gasteiger partial charge in [0.05, 0.1) is 18.4 Å². The zero-order valence-corrected chi connectivity index (χ0v) is 20.7. The molecule has 2 fully saturated rings. The van der Waals surface area contributed by atoms with E-state index in [0.717, 1.165) is 31.2 Å². The summed E-state index contributed by atoms with van der Waals surface area (Å²) in [5, 5.41) is 11.8. The first kappa shape index (κ1) is 26.2. The summed E-state index contributed by atoms with van der Waals surface area (Å²) < 4.78 is 32.7. The van der Waals surface area contributed by atoms with Gasteiger partial charge in [-0.3, -0.25) is 19.8 Å². The lowest BCUT2D eigenvalue weighted by Crippen LogP contribution is -2.55. The van der Waals surface area contributed by atoms with Crippen LogP contribution in [0.4, 0.5) is 8.78 Å². The average molecular weight is 501 g/mol. The number of hydrogen-bond acceptors (Lipinski definition) is 5. The standard InChI is InChI=1S/C28H34F2N2O4/c1-2-36-28(33)21-15-16-31(26-6-4-3-5-24(26)19-7-11-22(29)12-8-19)27(17-21)25(18-32(34)35)20-9-13-23(30)14-10-20/h7-14,21,24-27H,2-6,15-18H2,1H3/t21-,24?,25?,26?,27+/m0/s1. The first-order valence-corrected chi connectivity index (χ1v) is 12.9. The molecule has 1 aliphatic heterocycles. The lowest BCUT2D eigenvalue weighted by molar-refractivity contribution is -0.485. The molecule has 1 saturated heterocycles. The fourth-order valence-corrected chi connectivity index (χ4v) is 6.22. The van der Waals surface area contributed by atoms with Crippen LogP contribution in [0.2, 0.25) is 0 Å². The number of likely N-dealkylation sites (tertiary alicyclic amines) is 1. The summed E-state index contributed by atoms with van der Waals surface area (Å²) in [4.78, 5) is 26.5. The Morgan fingerprint density at radius 2 is 1.69 bits per heavy atom. The molecule has 0 N–H and O–H groups in total. The van der Waals surface area contributed by atoms with Crippen LogP contribution >= 0.6 is 0 Å². The zero-order valence-electron chi connectivity index (χ0n) is 20.7. The summed E-state index contributed by atoms with van der Waals surface area (Å²) in [6.45, 7) is 2.37. The number of benzene rings is 2. The molecule has 0 radical (unpaired) electrons. The van der Waals surface area contributed by atoms with Crippen molar-refractivity contribution in [3.8, 4) is 0 Å². The molecule has 4 rings (SSSR count). The van der Waals surface area contributed by atoms with Crippen molar-refractivity contribution in [3.05, 3.63) is 81.4 Å². The van der Waals surface area contributed by atoms with Crippen LogP contribution in [-0.2, 0) is 9.53 Å². The predicted molar refractivity (Wildman–Crippen MR) is 132 cm³/mol. The SMILES string of the molecule is CCOC(=O)[C@H]1CCN(C2CCCCC2c2ccc(F)cc2)[C@@H](C(C[N+](=O)[O-])c2ccc(F)cc2)C1. The minimum Gasteiger partial charge on any atom is -0.466 e. The van der Waals surface area contributed by atoms with Gasteiger partial charge < -0.3 is 4.74 Å². The minimum atomic E-state index is -0.506. The molecule has 0 bridgehead atoms. The van der Waals surface area contributed by atoms with Crippen LogP contribution in [0.15, 0.2) is 48.5 Å². The molecular formula is C28H34F2N2O4. The third-order valence-corrected chi connectivity index (χ3v) is 7.87. The molecule has 2 aromatic rings. The highest BCUT2D eigenvalue weighted by Crippen LogP contribution is 2.43. The van der Waals surface area contributed by atoms with Gasteiger partial charge in [0.25, 0.3) is 0 Å². The van der Waals surface area contributed by atoms with Crippen molar-refractivity contribution in [2.45, 2.75) is 69.4 Å². The third-order valence-electron chi connectivity index (χ3n) is 7.87. The summed E-state index contributed by atoms with van der Waals surface area (Å²) in [7, 11) is 0. The molecule has 1 saturated carbocycles. The highest BCUT2D eigenvalue weighted by atomic mass is 19.1. The Hall–Kier alpha value is -2.87. The zero-order chi connectivity index (χ0) is 25.7. The number of carbonyl (C=O) groups excluding carboxylic acids is 1. The van der Waals surface area contributed by atoms with Crippen molar-refractivity contribution >= 4 is 5.97 Å². The minimum absolute atomic E-state index is 0.118. The smallest absolute Gasteiger partial charge is 0.309 e.